The number of likely N-dealkylation sites (N-methyl/N-ethyl adjacent to an activating group) is 2. The number of nitrogens with zero attached hydrogens (tertiary/aromatic N) is 2. The van der Waals surface area contributed by atoms with Gasteiger partial charge in [0.15, 0.2) is 0 Å². The van der Waals surface area contributed by atoms with Gasteiger partial charge in [0.25, 0.3) is 0 Å². The summed E-state index contributed by atoms with van der Waals surface area (Å²) in [6.07, 6.45) is 6.54. The van der Waals surface area contributed by atoms with Crippen molar-refractivity contribution in [1.29, 1.82) is 0 Å². The molecule has 0 aliphatic carbocycles. The van der Waals surface area contributed by atoms with E-state index in [9.17, 15) is 0 Å². The first-order valence-corrected chi connectivity index (χ1v) is 9.24. The third-order valence-electron chi connectivity index (χ3n) is 5.46. The minimum atomic E-state index is 0.444. The molecule has 1 rings (SSSR count). The molecule has 1 aliphatic heterocycles. The van der Waals surface area contributed by atoms with Crippen LogP contribution < -0.4 is 5.32 Å². The van der Waals surface area contributed by atoms with E-state index in [4.69, 9.17) is 0 Å². The maximum Gasteiger partial charge on any atom is 0.0223 e. The van der Waals surface area contributed by atoms with E-state index in [0.29, 0.717) is 5.41 Å². The van der Waals surface area contributed by atoms with Gasteiger partial charge in [-0.05, 0) is 64.2 Å². The molecule has 1 aliphatic rings. The summed E-state index contributed by atoms with van der Waals surface area (Å²) in [5.74, 6) is 0. The molecule has 0 radical (unpaired) electrons. The number of nitrogens with one attached hydrogen (secondary N) is 1. The van der Waals surface area contributed by atoms with Crippen LogP contribution in [0.5, 0.6) is 0 Å². The van der Waals surface area contributed by atoms with Gasteiger partial charge >= 0.3 is 0 Å². The molecular weight excluding hydrogens is 258 g/mol. The van der Waals surface area contributed by atoms with Gasteiger partial charge in [-0.1, -0.05) is 27.7 Å². The molecule has 126 valence electrons. The molecule has 0 amide bonds. The van der Waals surface area contributed by atoms with E-state index in [2.05, 4.69) is 49.9 Å². The van der Waals surface area contributed by atoms with Crippen LogP contribution in [0.15, 0.2) is 0 Å². The zero-order chi connectivity index (χ0) is 15.7. The van der Waals surface area contributed by atoms with Gasteiger partial charge in [0.1, 0.15) is 0 Å². The van der Waals surface area contributed by atoms with Crippen LogP contribution in [0.4, 0.5) is 0 Å². The van der Waals surface area contributed by atoms with E-state index >= 15 is 0 Å². The van der Waals surface area contributed by atoms with Crippen molar-refractivity contribution >= 4 is 0 Å². The second kappa shape index (κ2) is 9.81. The van der Waals surface area contributed by atoms with E-state index in [1.165, 1.54) is 64.8 Å². The van der Waals surface area contributed by atoms with Crippen LogP contribution in [0.3, 0.4) is 0 Å². The minimum Gasteiger partial charge on any atom is -0.316 e. The van der Waals surface area contributed by atoms with E-state index in [1.807, 2.05) is 0 Å². The van der Waals surface area contributed by atoms with E-state index in [-0.39, 0.29) is 0 Å². The quantitative estimate of drug-likeness (QED) is 0.591. The van der Waals surface area contributed by atoms with Crippen LogP contribution in [0.1, 0.15) is 59.8 Å². The highest BCUT2D eigenvalue weighted by Crippen LogP contribution is 2.27. The second-order valence-electron chi connectivity index (χ2n) is 7.01. The lowest BCUT2D eigenvalue weighted by molar-refractivity contribution is 0.126. The molecule has 3 nitrogen and oxygen atoms in total. The van der Waals surface area contributed by atoms with Gasteiger partial charge in [-0.25, -0.2) is 0 Å². The highest BCUT2D eigenvalue weighted by molar-refractivity contribution is 4.85. The summed E-state index contributed by atoms with van der Waals surface area (Å²) in [6, 6.07) is 0.787. The van der Waals surface area contributed by atoms with Crippen molar-refractivity contribution in [3.05, 3.63) is 0 Å². The van der Waals surface area contributed by atoms with Crippen molar-refractivity contribution < 1.29 is 0 Å². The SMILES string of the molecule is CCCNCC(CC)(CC)CN(C)CC1CCCN1CC. The van der Waals surface area contributed by atoms with E-state index in [0.717, 1.165) is 12.6 Å². The highest BCUT2D eigenvalue weighted by atomic mass is 15.2. The lowest BCUT2D eigenvalue weighted by atomic mass is 9.81. The van der Waals surface area contributed by atoms with Crippen molar-refractivity contribution in [1.82, 2.24) is 15.1 Å². The van der Waals surface area contributed by atoms with Gasteiger partial charge in [0, 0.05) is 25.7 Å². The first-order chi connectivity index (χ1) is 10.1. The van der Waals surface area contributed by atoms with Crippen molar-refractivity contribution in [2.45, 2.75) is 65.8 Å². The second-order valence-corrected chi connectivity index (χ2v) is 7.01. The molecule has 0 spiro atoms. The topological polar surface area (TPSA) is 18.5 Å². The predicted octanol–water partition coefficient (Wildman–Crippen LogP) is 3.21. The van der Waals surface area contributed by atoms with Crippen molar-refractivity contribution in [2.75, 3.05) is 46.3 Å². The van der Waals surface area contributed by atoms with Gasteiger partial charge in [0.2, 0.25) is 0 Å². The standard InChI is InChI=1S/C18H39N3/c1-6-12-19-15-18(7-2,8-3)16-20(5)14-17-11-10-13-21(17)9-4/h17,19H,6-16H2,1-5H3. The lowest BCUT2D eigenvalue weighted by Crippen LogP contribution is -2.46. The van der Waals surface area contributed by atoms with Crippen LogP contribution in [0.25, 0.3) is 0 Å². The van der Waals surface area contributed by atoms with Crippen LogP contribution in [-0.4, -0.2) is 62.2 Å². The van der Waals surface area contributed by atoms with Gasteiger partial charge < -0.3 is 10.2 Å². The minimum absolute atomic E-state index is 0.444. The first-order valence-electron chi connectivity index (χ1n) is 9.24. The monoisotopic (exact) mass is 297 g/mol. The molecule has 0 aromatic heterocycles. The molecule has 3 heteroatoms. The smallest absolute Gasteiger partial charge is 0.0223 e. The van der Waals surface area contributed by atoms with Gasteiger partial charge in [-0.15, -0.1) is 0 Å². The van der Waals surface area contributed by atoms with Gasteiger partial charge in [0.05, 0.1) is 0 Å². The van der Waals surface area contributed by atoms with Gasteiger partial charge in [-0.3, -0.25) is 4.90 Å². The molecule has 0 aromatic carbocycles. The molecular formula is C18H39N3. The zero-order valence-electron chi connectivity index (χ0n) is 15.2. The largest absolute Gasteiger partial charge is 0.316 e. The molecule has 0 aromatic rings. The van der Waals surface area contributed by atoms with Crippen molar-refractivity contribution in [3.63, 3.8) is 0 Å². The van der Waals surface area contributed by atoms with E-state index < -0.39 is 0 Å². The maximum absolute atomic E-state index is 3.66. The predicted molar refractivity (Wildman–Crippen MR) is 93.9 cm³/mol. The zero-order valence-corrected chi connectivity index (χ0v) is 15.2. The third-order valence-corrected chi connectivity index (χ3v) is 5.46. The summed E-state index contributed by atoms with van der Waals surface area (Å²) >= 11 is 0. The average Bonchev–Trinajstić information content (AvgIpc) is 2.93. The Morgan fingerprint density at radius 2 is 1.90 bits per heavy atom. The molecule has 1 heterocycles. The van der Waals surface area contributed by atoms with Crippen molar-refractivity contribution in [2.24, 2.45) is 5.41 Å². The Kier molecular flexibility index (Phi) is 8.84. The summed E-state index contributed by atoms with van der Waals surface area (Å²) in [7, 11) is 2.33. The number of rotatable bonds is 11. The lowest BCUT2D eigenvalue weighted by Gasteiger charge is -2.38. The summed E-state index contributed by atoms with van der Waals surface area (Å²) in [6.45, 7) is 16.6. The normalized spacial score (nSPS) is 20.6. The summed E-state index contributed by atoms with van der Waals surface area (Å²) in [5.41, 5.74) is 0.444. The molecule has 21 heavy (non-hydrogen) atoms. The summed E-state index contributed by atoms with van der Waals surface area (Å²) in [5, 5.41) is 3.66. The van der Waals surface area contributed by atoms with Crippen LogP contribution >= 0.6 is 0 Å². The fourth-order valence-corrected chi connectivity index (χ4v) is 3.82. The summed E-state index contributed by atoms with van der Waals surface area (Å²) < 4.78 is 0. The van der Waals surface area contributed by atoms with Crippen LogP contribution in [0.2, 0.25) is 0 Å². The Morgan fingerprint density at radius 1 is 1.19 bits per heavy atom. The molecule has 1 fully saturated rings. The molecule has 1 unspecified atom stereocenters. The molecule has 1 N–H and O–H groups in total. The Bertz CT molecular complexity index is 263. The number of likely N-dealkylation sites (tertiary alicyclic amines) is 1. The Labute approximate surface area is 133 Å². The third kappa shape index (κ3) is 5.88. The van der Waals surface area contributed by atoms with Crippen LogP contribution in [-0.2, 0) is 0 Å². The fourth-order valence-electron chi connectivity index (χ4n) is 3.82. The Balaban J connectivity index is 2.49. The van der Waals surface area contributed by atoms with Crippen LogP contribution in [0, 0.1) is 5.41 Å². The number of hydrogen-bond donors (Lipinski definition) is 1. The summed E-state index contributed by atoms with van der Waals surface area (Å²) in [4.78, 5) is 5.25. The van der Waals surface area contributed by atoms with Crippen molar-refractivity contribution in [3.8, 4) is 0 Å². The molecule has 1 atom stereocenters. The molecule has 1 saturated heterocycles. The fraction of sp³-hybridized carbons (Fsp3) is 1.00. The number of hydrogen-bond acceptors (Lipinski definition) is 3. The van der Waals surface area contributed by atoms with E-state index in [1.54, 1.807) is 0 Å². The Morgan fingerprint density at radius 3 is 2.48 bits per heavy atom. The Hall–Kier alpha value is -0.120. The molecule has 0 saturated carbocycles. The highest BCUT2D eigenvalue weighted by Gasteiger charge is 2.30. The first kappa shape index (κ1) is 18.9. The maximum atomic E-state index is 3.66. The average molecular weight is 298 g/mol. The molecule has 0 bridgehead atoms. The van der Waals surface area contributed by atoms with Gasteiger partial charge in [-0.2, -0.15) is 0 Å².